The molecule has 0 saturated carbocycles. The fourth-order valence-electron chi connectivity index (χ4n) is 1.37. The van der Waals surface area contributed by atoms with Crippen LogP contribution in [-0.2, 0) is 0 Å². The van der Waals surface area contributed by atoms with Crippen molar-refractivity contribution in [1.82, 2.24) is 15.2 Å². The Morgan fingerprint density at radius 3 is 2.89 bits per heavy atom. The average molecular weight is 267 g/mol. The zero-order valence-electron chi connectivity index (χ0n) is 9.82. The molecule has 0 atom stereocenters. The summed E-state index contributed by atoms with van der Waals surface area (Å²) in [6.45, 7) is 1.72. The van der Waals surface area contributed by atoms with Gasteiger partial charge in [0.2, 0.25) is 5.82 Å². The third-order valence-electron chi connectivity index (χ3n) is 2.21. The van der Waals surface area contributed by atoms with Crippen molar-refractivity contribution in [3.63, 3.8) is 0 Å². The van der Waals surface area contributed by atoms with E-state index in [4.69, 9.17) is 16.3 Å². The van der Waals surface area contributed by atoms with Crippen molar-refractivity contribution in [3.05, 3.63) is 34.9 Å². The number of ether oxygens (including phenoxy) is 1. The number of aryl methyl sites for hydroxylation is 1. The summed E-state index contributed by atoms with van der Waals surface area (Å²) in [6.07, 6.45) is 0. The topological polar surface area (TPSA) is 79.9 Å². The van der Waals surface area contributed by atoms with E-state index < -0.39 is 5.91 Å². The SMILES string of the molecule is COc1cc(NC(=O)c2n[nH]c(C)n2)ccc1Cl. The summed E-state index contributed by atoms with van der Waals surface area (Å²) in [7, 11) is 1.51. The van der Waals surface area contributed by atoms with E-state index >= 15 is 0 Å². The molecule has 2 N–H and O–H groups in total. The number of carbonyl (C=O) groups is 1. The van der Waals surface area contributed by atoms with Crippen molar-refractivity contribution in [2.45, 2.75) is 6.92 Å². The van der Waals surface area contributed by atoms with Gasteiger partial charge in [-0.05, 0) is 19.1 Å². The first-order valence-electron chi connectivity index (χ1n) is 5.14. The smallest absolute Gasteiger partial charge is 0.295 e. The van der Waals surface area contributed by atoms with Crippen molar-refractivity contribution >= 4 is 23.2 Å². The number of methoxy groups -OCH3 is 1. The number of nitrogens with one attached hydrogen (secondary N) is 2. The lowest BCUT2D eigenvalue weighted by Crippen LogP contribution is -2.13. The molecule has 1 amide bonds. The van der Waals surface area contributed by atoms with Gasteiger partial charge in [0, 0.05) is 11.8 Å². The highest BCUT2D eigenvalue weighted by Crippen LogP contribution is 2.27. The number of amides is 1. The molecule has 94 valence electrons. The number of aromatic amines is 1. The second kappa shape index (κ2) is 5.05. The quantitative estimate of drug-likeness (QED) is 0.891. The Morgan fingerprint density at radius 1 is 1.50 bits per heavy atom. The monoisotopic (exact) mass is 266 g/mol. The summed E-state index contributed by atoms with van der Waals surface area (Å²) in [5.74, 6) is 0.750. The van der Waals surface area contributed by atoms with Crippen molar-refractivity contribution < 1.29 is 9.53 Å². The number of anilines is 1. The van der Waals surface area contributed by atoms with Gasteiger partial charge in [0.05, 0.1) is 12.1 Å². The minimum absolute atomic E-state index is 0.0846. The number of hydrogen-bond donors (Lipinski definition) is 2. The Kier molecular flexibility index (Phi) is 3.47. The fourth-order valence-corrected chi connectivity index (χ4v) is 1.56. The van der Waals surface area contributed by atoms with Crippen molar-refractivity contribution in [3.8, 4) is 5.75 Å². The van der Waals surface area contributed by atoms with Gasteiger partial charge >= 0.3 is 0 Å². The van der Waals surface area contributed by atoms with Crippen molar-refractivity contribution in [2.24, 2.45) is 0 Å². The van der Waals surface area contributed by atoms with Gasteiger partial charge in [-0.2, -0.15) is 0 Å². The molecular weight excluding hydrogens is 256 g/mol. The Labute approximate surface area is 108 Å². The number of benzene rings is 1. The van der Waals surface area contributed by atoms with E-state index in [9.17, 15) is 4.79 Å². The van der Waals surface area contributed by atoms with E-state index in [1.807, 2.05) is 0 Å². The zero-order chi connectivity index (χ0) is 13.1. The third-order valence-corrected chi connectivity index (χ3v) is 2.52. The van der Waals surface area contributed by atoms with Gasteiger partial charge in [0.1, 0.15) is 11.6 Å². The number of hydrogen-bond acceptors (Lipinski definition) is 4. The fraction of sp³-hybridized carbons (Fsp3) is 0.182. The summed E-state index contributed by atoms with van der Waals surface area (Å²) < 4.78 is 5.06. The highest BCUT2D eigenvalue weighted by Gasteiger charge is 2.12. The molecule has 0 unspecified atom stereocenters. The second-order valence-corrected chi connectivity index (χ2v) is 3.96. The molecule has 0 fully saturated rings. The molecule has 0 radical (unpaired) electrons. The Morgan fingerprint density at radius 2 is 2.28 bits per heavy atom. The normalized spacial score (nSPS) is 10.2. The van der Waals surface area contributed by atoms with Crippen LogP contribution in [0.2, 0.25) is 5.02 Å². The van der Waals surface area contributed by atoms with Crippen LogP contribution in [-0.4, -0.2) is 28.2 Å². The molecule has 1 heterocycles. The van der Waals surface area contributed by atoms with Crippen LogP contribution in [0.15, 0.2) is 18.2 Å². The number of rotatable bonds is 3. The van der Waals surface area contributed by atoms with Gasteiger partial charge in [-0.15, -0.1) is 5.10 Å². The molecule has 6 nitrogen and oxygen atoms in total. The molecule has 0 saturated heterocycles. The van der Waals surface area contributed by atoms with Crippen LogP contribution in [0.25, 0.3) is 0 Å². The highest BCUT2D eigenvalue weighted by molar-refractivity contribution is 6.32. The van der Waals surface area contributed by atoms with Gasteiger partial charge in [-0.1, -0.05) is 11.6 Å². The molecule has 2 rings (SSSR count). The molecule has 0 spiro atoms. The van der Waals surface area contributed by atoms with Crippen molar-refractivity contribution in [2.75, 3.05) is 12.4 Å². The van der Waals surface area contributed by atoms with E-state index in [-0.39, 0.29) is 5.82 Å². The molecule has 0 bridgehead atoms. The van der Waals surface area contributed by atoms with Crippen molar-refractivity contribution in [1.29, 1.82) is 0 Å². The Hall–Kier alpha value is -2.08. The third kappa shape index (κ3) is 2.60. The summed E-state index contributed by atoms with van der Waals surface area (Å²) in [5.41, 5.74) is 0.559. The van der Waals surface area contributed by atoms with Gasteiger partial charge in [0.25, 0.3) is 5.91 Å². The van der Waals surface area contributed by atoms with Crippen LogP contribution in [0.1, 0.15) is 16.4 Å². The molecule has 0 aliphatic rings. The maximum Gasteiger partial charge on any atom is 0.295 e. The maximum atomic E-state index is 11.8. The molecule has 1 aromatic carbocycles. The Balaban J connectivity index is 2.16. The summed E-state index contributed by atoms with van der Waals surface area (Å²) in [5, 5.41) is 9.49. The average Bonchev–Trinajstić information content (AvgIpc) is 2.78. The number of nitrogens with zero attached hydrogens (tertiary/aromatic N) is 2. The minimum Gasteiger partial charge on any atom is -0.495 e. The minimum atomic E-state index is -0.399. The first kappa shape index (κ1) is 12.4. The molecule has 7 heteroatoms. The van der Waals surface area contributed by atoms with E-state index in [0.717, 1.165) is 0 Å². The van der Waals surface area contributed by atoms with Crippen LogP contribution in [0.3, 0.4) is 0 Å². The van der Waals surface area contributed by atoms with Crippen LogP contribution < -0.4 is 10.1 Å². The molecule has 0 aliphatic heterocycles. The van der Waals surface area contributed by atoms with Crippen LogP contribution in [0, 0.1) is 6.92 Å². The lowest BCUT2D eigenvalue weighted by Gasteiger charge is -2.06. The number of carbonyl (C=O) groups excluding carboxylic acids is 1. The highest BCUT2D eigenvalue weighted by atomic mass is 35.5. The molecule has 1 aromatic heterocycles. The summed E-state index contributed by atoms with van der Waals surface area (Å²) in [4.78, 5) is 15.7. The number of H-pyrrole nitrogens is 1. The molecule has 18 heavy (non-hydrogen) atoms. The van der Waals surface area contributed by atoms with Crippen LogP contribution in [0.4, 0.5) is 5.69 Å². The summed E-state index contributed by atoms with van der Waals surface area (Å²) in [6, 6.07) is 4.93. The number of aromatic nitrogens is 3. The van der Waals surface area contributed by atoms with Gasteiger partial charge in [-0.25, -0.2) is 4.98 Å². The Bertz CT molecular complexity index is 582. The van der Waals surface area contributed by atoms with Crippen LogP contribution >= 0.6 is 11.6 Å². The lowest BCUT2D eigenvalue weighted by molar-refractivity contribution is 0.101. The van der Waals surface area contributed by atoms with E-state index in [1.54, 1.807) is 25.1 Å². The van der Waals surface area contributed by atoms with E-state index in [0.29, 0.717) is 22.3 Å². The molecule has 2 aromatic rings. The largest absolute Gasteiger partial charge is 0.495 e. The van der Waals surface area contributed by atoms with Crippen LogP contribution in [0.5, 0.6) is 5.75 Å². The van der Waals surface area contributed by atoms with E-state index in [2.05, 4.69) is 20.5 Å². The second-order valence-electron chi connectivity index (χ2n) is 3.55. The van der Waals surface area contributed by atoms with Gasteiger partial charge in [0.15, 0.2) is 0 Å². The lowest BCUT2D eigenvalue weighted by atomic mass is 10.3. The first-order valence-corrected chi connectivity index (χ1v) is 5.52. The molecule has 0 aliphatic carbocycles. The van der Waals surface area contributed by atoms with Gasteiger partial charge in [-0.3, -0.25) is 9.89 Å². The van der Waals surface area contributed by atoms with Gasteiger partial charge < -0.3 is 10.1 Å². The van der Waals surface area contributed by atoms with E-state index in [1.165, 1.54) is 7.11 Å². The predicted octanol–water partition coefficient (Wildman–Crippen LogP) is 2.03. The zero-order valence-corrected chi connectivity index (χ0v) is 10.6. The first-order chi connectivity index (χ1) is 8.60. The number of halogens is 1. The maximum absolute atomic E-state index is 11.8. The standard InChI is InChI=1S/C11H11ClN4O2/c1-6-13-10(16-15-6)11(17)14-7-3-4-8(12)9(5-7)18-2/h3-5H,1-2H3,(H,14,17)(H,13,15,16). The summed E-state index contributed by atoms with van der Waals surface area (Å²) >= 11 is 5.89. The predicted molar refractivity (Wildman–Crippen MR) is 67.1 cm³/mol. The molecular formula is C11H11ClN4O2.